The molecule has 4 rings (SSSR count). The Kier molecular flexibility index (Phi) is 23.9. The van der Waals surface area contributed by atoms with E-state index in [9.17, 15) is 14.4 Å². The molecule has 0 aromatic heterocycles. The second kappa shape index (κ2) is 28.5. The standard InChI is InChI=1S/C53H90O6/c1-6-9-12-15-17-21-26-43-30-29-42(25-20-13-10-7-2)46(27-22-14-11-8-3)47(43)28-23-18-16-19-24-33-57-51(54)31-32-52(55)58-38-41-34-48-44-36-45(39-59-53(56)40(4)5)49(37-44)50(48)35-41/h31-32,41-50H,4,6-30,33-39H2,1-3,5H3/t41?,42?,43?,44?,45?,46?,47?,48-,49?,50-/m1/s1. The first-order valence-electron chi connectivity index (χ1n) is 25.6. The van der Waals surface area contributed by atoms with Crippen molar-refractivity contribution in [3.63, 3.8) is 0 Å². The Bertz CT molecular complexity index is 1240. The van der Waals surface area contributed by atoms with Crippen LogP contribution < -0.4 is 0 Å². The van der Waals surface area contributed by atoms with Gasteiger partial charge in [0.2, 0.25) is 0 Å². The summed E-state index contributed by atoms with van der Waals surface area (Å²) in [5.41, 5.74) is 0.454. The number of rotatable bonds is 32. The monoisotopic (exact) mass is 823 g/mol. The van der Waals surface area contributed by atoms with E-state index < -0.39 is 11.9 Å². The maximum Gasteiger partial charge on any atom is 0.333 e. The Morgan fingerprint density at radius 1 is 0.508 bits per heavy atom. The second-order valence-corrected chi connectivity index (χ2v) is 20.1. The van der Waals surface area contributed by atoms with Gasteiger partial charge in [-0.1, -0.05) is 156 Å². The van der Waals surface area contributed by atoms with Crippen LogP contribution in [0.2, 0.25) is 0 Å². The summed E-state index contributed by atoms with van der Waals surface area (Å²) in [5.74, 6) is 5.95. The molecule has 0 aromatic rings. The molecule has 59 heavy (non-hydrogen) atoms. The lowest BCUT2D eigenvalue weighted by atomic mass is 9.61. The Labute approximate surface area is 362 Å². The first-order chi connectivity index (χ1) is 28.7. The van der Waals surface area contributed by atoms with Gasteiger partial charge in [0.25, 0.3) is 0 Å². The molecule has 0 heterocycles. The summed E-state index contributed by atoms with van der Waals surface area (Å²) in [6.45, 7) is 13.7. The molecule has 2 bridgehead atoms. The van der Waals surface area contributed by atoms with Crippen LogP contribution in [0, 0.1) is 59.2 Å². The van der Waals surface area contributed by atoms with E-state index in [0.717, 1.165) is 55.8 Å². The number of carbonyl (C=O) groups is 3. The lowest BCUT2D eigenvalue weighted by Gasteiger charge is -2.44. The summed E-state index contributed by atoms with van der Waals surface area (Å²) in [6.07, 6.45) is 41.1. The van der Waals surface area contributed by atoms with Crippen LogP contribution in [0.25, 0.3) is 0 Å². The molecular weight excluding hydrogens is 733 g/mol. The maximum atomic E-state index is 12.5. The van der Waals surface area contributed by atoms with Gasteiger partial charge in [0.05, 0.1) is 19.8 Å². The smallest absolute Gasteiger partial charge is 0.333 e. The van der Waals surface area contributed by atoms with Gasteiger partial charge in [-0.2, -0.15) is 0 Å². The van der Waals surface area contributed by atoms with Gasteiger partial charge < -0.3 is 14.2 Å². The molecular formula is C53H90O6. The normalized spacial score (nSPS) is 28.5. The third-order valence-electron chi connectivity index (χ3n) is 15.6. The van der Waals surface area contributed by atoms with Gasteiger partial charge in [0.1, 0.15) is 0 Å². The Balaban J connectivity index is 1.10. The second-order valence-electron chi connectivity index (χ2n) is 20.1. The van der Waals surface area contributed by atoms with Gasteiger partial charge in [-0.3, -0.25) is 0 Å². The Morgan fingerprint density at radius 3 is 1.58 bits per heavy atom. The first kappa shape index (κ1) is 49.5. The topological polar surface area (TPSA) is 78.9 Å². The van der Waals surface area contributed by atoms with Crippen molar-refractivity contribution in [2.75, 3.05) is 19.8 Å². The highest BCUT2D eigenvalue weighted by Gasteiger charge is 2.56. The fourth-order valence-electron chi connectivity index (χ4n) is 12.6. The van der Waals surface area contributed by atoms with Crippen molar-refractivity contribution in [2.24, 2.45) is 59.2 Å². The van der Waals surface area contributed by atoms with Crippen LogP contribution in [0.5, 0.6) is 0 Å². The van der Waals surface area contributed by atoms with Crippen LogP contribution in [0.3, 0.4) is 0 Å². The summed E-state index contributed by atoms with van der Waals surface area (Å²) in [5, 5.41) is 0. The number of esters is 3. The van der Waals surface area contributed by atoms with Gasteiger partial charge in [0, 0.05) is 17.7 Å². The lowest BCUT2D eigenvalue weighted by Crippen LogP contribution is -2.35. The molecule has 338 valence electrons. The van der Waals surface area contributed by atoms with Gasteiger partial charge >= 0.3 is 17.9 Å². The zero-order chi connectivity index (χ0) is 42.2. The number of fused-ring (bicyclic) bond motifs is 5. The molecule has 6 nitrogen and oxygen atoms in total. The molecule has 4 saturated carbocycles. The van der Waals surface area contributed by atoms with Gasteiger partial charge in [0.15, 0.2) is 0 Å². The van der Waals surface area contributed by atoms with Crippen LogP contribution in [-0.2, 0) is 28.6 Å². The van der Waals surface area contributed by atoms with E-state index in [1.807, 2.05) is 0 Å². The largest absolute Gasteiger partial charge is 0.463 e. The molecule has 4 fully saturated rings. The van der Waals surface area contributed by atoms with E-state index in [1.54, 1.807) is 6.92 Å². The molecule has 0 N–H and O–H groups in total. The van der Waals surface area contributed by atoms with Crippen molar-refractivity contribution < 1.29 is 28.6 Å². The van der Waals surface area contributed by atoms with E-state index in [-0.39, 0.29) is 5.97 Å². The average molecular weight is 823 g/mol. The van der Waals surface area contributed by atoms with Crippen LogP contribution >= 0.6 is 0 Å². The van der Waals surface area contributed by atoms with Crippen LogP contribution in [0.4, 0.5) is 0 Å². The van der Waals surface area contributed by atoms with Crippen molar-refractivity contribution in [2.45, 2.75) is 214 Å². The number of hydrogen-bond donors (Lipinski definition) is 0. The molecule has 0 spiro atoms. The van der Waals surface area contributed by atoms with Crippen molar-refractivity contribution in [1.82, 2.24) is 0 Å². The average Bonchev–Trinajstić information content (AvgIpc) is 3.94. The summed E-state index contributed by atoms with van der Waals surface area (Å²) < 4.78 is 16.6. The SMILES string of the molecule is C=C(C)C(=O)OCC1CC2CC1[C@@H]1CC(COC(=O)C=CC(=O)OCCCCCCCC3C(CCCCCCCC)CCC(CCCCCC)C3CCCCCC)C[C@H]21. The molecule has 6 heteroatoms. The molecule has 0 aliphatic heterocycles. The zero-order valence-electron chi connectivity index (χ0n) is 38.7. The van der Waals surface area contributed by atoms with E-state index in [0.29, 0.717) is 60.9 Å². The van der Waals surface area contributed by atoms with Crippen LogP contribution in [0.1, 0.15) is 214 Å². The number of carbonyl (C=O) groups excluding carboxylic acids is 3. The summed E-state index contributed by atoms with van der Waals surface area (Å²) in [7, 11) is 0. The van der Waals surface area contributed by atoms with Crippen molar-refractivity contribution in [3.05, 3.63) is 24.3 Å². The molecule has 0 aromatic carbocycles. The molecule has 0 radical (unpaired) electrons. The van der Waals surface area contributed by atoms with Crippen LogP contribution in [-0.4, -0.2) is 37.7 Å². The molecule has 10 atom stereocenters. The first-order valence-corrected chi connectivity index (χ1v) is 25.6. The fraction of sp³-hybridized carbons (Fsp3) is 0.868. The summed E-state index contributed by atoms with van der Waals surface area (Å²) in [4.78, 5) is 36.8. The van der Waals surface area contributed by atoms with Crippen molar-refractivity contribution >= 4 is 17.9 Å². The Hall–Kier alpha value is -2.11. The molecule has 0 amide bonds. The van der Waals surface area contributed by atoms with E-state index in [4.69, 9.17) is 14.2 Å². The van der Waals surface area contributed by atoms with Crippen LogP contribution in [0.15, 0.2) is 24.3 Å². The predicted octanol–water partition coefficient (Wildman–Crippen LogP) is 14.3. The van der Waals surface area contributed by atoms with Gasteiger partial charge in [-0.05, 0) is 124 Å². The highest BCUT2D eigenvalue weighted by molar-refractivity contribution is 5.91. The fourth-order valence-corrected chi connectivity index (χ4v) is 12.6. The molecule has 0 saturated heterocycles. The van der Waals surface area contributed by atoms with E-state index in [1.165, 1.54) is 166 Å². The minimum Gasteiger partial charge on any atom is -0.463 e. The highest BCUT2D eigenvalue weighted by atomic mass is 16.5. The van der Waals surface area contributed by atoms with E-state index >= 15 is 0 Å². The number of unbranched alkanes of at least 4 members (excludes halogenated alkanes) is 15. The third kappa shape index (κ3) is 17.3. The molecule has 4 aliphatic carbocycles. The minimum absolute atomic E-state index is 0.290. The summed E-state index contributed by atoms with van der Waals surface area (Å²) >= 11 is 0. The number of hydrogen-bond acceptors (Lipinski definition) is 6. The van der Waals surface area contributed by atoms with E-state index in [2.05, 4.69) is 27.4 Å². The summed E-state index contributed by atoms with van der Waals surface area (Å²) in [6, 6.07) is 0. The Morgan fingerprint density at radius 2 is 1.00 bits per heavy atom. The van der Waals surface area contributed by atoms with Gasteiger partial charge in [-0.25, -0.2) is 14.4 Å². The number of ether oxygens (including phenoxy) is 3. The predicted molar refractivity (Wildman–Crippen MR) is 243 cm³/mol. The zero-order valence-corrected chi connectivity index (χ0v) is 38.7. The quantitative estimate of drug-likeness (QED) is 0.0291. The van der Waals surface area contributed by atoms with Crippen molar-refractivity contribution in [1.29, 1.82) is 0 Å². The van der Waals surface area contributed by atoms with Gasteiger partial charge in [-0.15, -0.1) is 0 Å². The maximum absolute atomic E-state index is 12.5. The highest BCUT2D eigenvalue weighted by Crippen LogP contribution is 2.62. The molecule has 4 aliphatic rings. The van der Waals surface area contributed by atoms with Crippen molar-refractivity contribution in [3.8, 4) is 0 Å². The third-order valence-corrected chi connectivity index (χ3v) is 15.6. The minimum atomic E-state index is -0.468. The molecule has 8 unspecified atom stereocenters. The lowest BCUT2D eigenvalue weighted by molar-refractivity contribution is -0.141.